The minimum atomic E-state index is -4.43. The molecule has 9 heteroatoms. The summed E-state index contributed by atoms with van der Waals surface area (Å²) < 4.78 is 38.0. The molecule has 2 saturated carbocycles. The summed E-state index contributed by atoms with van der Waals surface area (Å²) in [6.45, 7) is 0. The van der Waals surface area contributed by atoms with E-state index >= 15 is 0 Å². The number of nitrogens with one attached hydrogen (secondary N) is 2. The molecule has 0 radical (unpaired) electrons. The van der Waals surface area contributed by atoms with Gasteiger partial charge in [-0.05, 0) is 98.2 Å². The van der Waals surface area contributed by atoms with Crippen molar-refractivity contribution in [2.24, 2.45) is 11.8 Å². The summed E-state index contributed by atoms with van der Waals surface area (Å²) >= 11 is 0. The molecule has 2 aromatic carbocycles. The molecule has 0 heterocycles. The Kier molecular flexibility index (Phi) is 7.07. The van der Waals surface area contributed by atoms with Gasteiger partial charge in [0.15, 0.2) is 0 Å². The van der Waals surface area contributed by atoms with Gasteiger partial charge in [0.1, 0.15) is 0 Å². The smallest absolute Gasteiger partial charge is 0.416 e. The average Bonchev–Trinajstić information content (AvgIpc) is 2.78. The third-order valence-electron chi connectivity index (χ3n) is 7.35. The molecular formula is C26H29F3N2O4. The van der Waals surface area contributed by atoms with Crippen LogP contribution in [0, 0.1) is 11.8 Å². The fourth-order valence-corrected chi connectivity index (χ4v) is 5.61. The van der Waals surface area contributed by atoms with Crippen LogP contribution in [0.1, 0.15) is 62.0 Å². The summed E-state index contributed by atoms with van der Waals surface area (Å²) in [5.74, 6) is 0.229. The van der Waals surface area contributed by atoms with Gasteiger partial charge in [0.2, 0.25) is 0 Å². The Balaban J connectivity index is 1.29. The monoisotopic (exact) mass is 490 g/mol. The summed E-state index contributed by atoms with van der Waals surface area (Å²) in [5, 5.41) is 24.9. The fourth-order valence-electron chi connectivity index (χ4n) is 5.61. The van der Waals surface area contributed by atoms with Crippen molar-refractivity contribution in [2.45, 2.75) is 62.6 Å². The molecule has 4 N–H and O–H groups in total. The van der Waals surface area contributed by atoms with Crippen LogP contribution in [0.2, 0.25) is 0 Å². The number of hydrogen-bond acceptors (Lipinski definition) is 3. The van der Waals surface area contributed by atoms with Crippen molar-refractivity contribution in [2.75, 3.05) is 10.6 Å². The molecule has 4 atom stereocenters. The van der Waals surface area contributed by atoms with Gasteiger partial charge in [0.25, 0.3) is 0 Å². The molecule has 35 heavy (non-hydrogen) atoms. The molecule has 0 saturated heterocycles. The third kappa shape index (κ3) is 6.33. The quantitative estimate of drug-likeness (QED) is 0.399. The lowest BCUT2D eigenvalue weighted by Gasteiger charge is -2.45. The number of carbonyl (C=O) groups is 2. The van der Waals surface area contributed by atoms with Crippen LogP contribution in [0.4, 0.5) is 29.3 Å². The number of alkyl halides is 3. The average molecular weight is 491 g/mol. The number of aliphatic carboxylic acids is 1. The number of anilines is 2. The van der Waals surface area contributed by atoms with Crippen molar-refractivity contribution in [1.82, 2.24) is 0 Å². The van der Waals surface area contributed by atoms with E-state index in [9.17, 15) is 27.9 Å². The first kappa shape index (κ1) is 25.0. The van der Waals surface area contributed by atoms with Crippen LogP contribution in [0.5, 0.6) is 0 Å². The van der Waals surface area contributed by atoms with E-state index in [4.69, 9.17) is 5.11 Å². The lowest BCUT2D eigenvalue weighted by atomic mass is 9.62. The first-order valence-electron chi connectivity index (χ1n) is 11.8. The second-order valence-corrected chi connectivity index (χ2v) is 9.84. The minimum Gasteiger partial charge on any atom is -0.481 e. The number of fused-ring (bicyclic) bond motifs is 1. The van der Waals surface area contributed by atoms with Crippen molar-refractivity contribution < 1.29 is 33.0 Å². The summed E-state index contributed by atoms with van der Waals surface area (Å²) in [6, 6.07) is 11.3. The van der Waals surface area contributed by atoms with Gasteiger partial charge >= 0.3 is 18.2 Å². The van der Waals surface area contributed by atoms with Crippen LogP contribution in [0.25, 0.3) is 0 Å². The van der Waals surface area contributed by atoms with E-state index in [0.29, 0.717) is 36.3 Å². The van der Waals surface area contributed by atoms with Gasteiger partial charge in [-0.3, -0.25) is 4.79 Å². The van der Waals surface area contributed by atoms with Gasteiger partial charge in [-0.1, -0.05) is 12.1 Å². The number of amides is 2. The van der Waals surface area contributed by atoms with E-state index in [1.54, 1.807) is 12.1 Å². The molecule has 0 bridgehead atoms. The molecule has 188 valence electrons. The molecular weight excluding hydrogens is 461 g/mol. The normalized spacial score (nSPS) is 26.5. The van der Waals surface area contributed by atoms with Gasteiger partial charge in [-0.15, -0.1) is 0 Å². The Morgan fingerprint density at radius 2 is 1.51 bits per heavy atom. The molecule has 2 aliphatic rings. The summed E-state index contributed by atoms with van der Waals surface area (Å²) in [4.78, 5) is 23.3. The van der Waals surface area contributed by atoms with Crippen molar-refractivity contribution in [3.63, 3.8) is 0 Å². The highest BCUT2D eigenvalue weighted by Gasteiger charge is 2.43. The Morgan fingerprint density at radius 1 is 0.914 bits per heavy atom. The maximum Gasteiger partial charge on any atom is 0.416 e. The minimum absolute atomic E-state index is 0.194. The number of halogens is 3. The maximum absolute atomic E-state index is 12.7. The first-order valence-corrected chi connectivity index (χ1v) is 11.8. The second-order valence-electron chi connectivity index (χ2n) is 9.84. The van der Waals surface area contributed by atoms with Crippen LogP contribution in [-0.4, -0.2) is 27.8 Å². The predicted octanol–water partition coefficient (Wildman–Crippen LogP) is 6.24. The molecule has 0 spiro atoms. The zero-order chi connectivity index (χ0) is 25.2. The molecule has 2 fully saturated rings. The zero-order valence-electron chi connectivity index (χ0n) is 19.1. The van der Waals surface area contributed by atoms with Gasteiger partial charge in [0, 0.05) is 11.4 Å². The lowest BCUT2D eigenvalue weighted by Crippen LogP contribution is -2.42. The number of carboxylic acids is 1. The molecule has 2 aliphatic carbocycles. The highest BCUT2D eigenvalue weighted by Crippen LogP contribution is 2.49. The Bertz CT molecular complexity index is 1060. The van der Waals surface area contributed by atoms with E-state index < -0.39 is 29.3 Å². The topological polar surface area (TPSA) is 98.7 Å². The fraction of sp³-hybridized carbons (Fsp3) is 0.462. The van der Waals surface area contributed by atoms with Gasteiger partial charge in [-0.2, -0.15) is 13.2 Å². The van der Waals surface area contributed by atoms with E-state index in [0.717, 1.165) is 37.8 Å². The van der Waals surface area contributed by atoms with Crippen LogP contribution >= 0.6 is 0 Å². The number of hydrogen-bond donors (Lipinski definition) is 4. The lowest BCUT2D eigenvalue weighted by molar-refractivity contribution is -0.146. The molecule has 6 nitrogen and oxygen atoms in total. The molecule has 0 aliphatic heterocycles. The highest BCUT2D eigenvalue weighted by molar-refractivity contribution is 5.99. The molecule has 2 amide bonds. The SMILES string of the molecule is O=C(O)CC1(O)CCC2CC(c3ccc(NC(=O)Nc4ccc(C(F)(F)F)cc4)cc3)CCC2C1. The van der Waals surface area contributed by atoms with Crippen molar-refractivity contribution in [1.29, 1.82) is 0 Å². The number of aliphatic hydroxyl groups is 1. The van der Waals surface area contributed by atoms with E-state index in [1.165, 1.54) is 17.7 Å². The molecule has 2 aromatic rings. The second kappa shape index (κ2) is 9.89. The largest absolute Gasteiger partial charge is 0.481 e. The van der Waals surface area contributed by atoms with Crippen LogP contribution in [-0.2, 0) is 11.0 Å². The van der Waals surface area contributed by atoms with Crippen molar-refractivity contribution in [3.05, 3.63) is 59.7 Å². The van der Waals surface area contributed by atoms with Crippen molar-refractivity contribution in [3.8, 4) is 0 Å². The van der Waals surface area contributed by atoms with E-state index in [1.807, 2.05) is 12.1 Å². The van der Waals surface area contributed by atoms with E-state index in [2.05, 4.69) is 10.6 Å². The third-order valence-corrected chi connectivity index (χ3v) is 7.35. The van der Waals surface area contributed by atoms with Gasteiger partial charge in [-0.25, -0.2) is 4.79 Å². The number of carboxylic acid groups (broad SMARTS) is 1. The zero-order valence-corrected chi connectivity index (χ0v) is 19.1. The van der Waals surface area contributed by atoms with E-state index in [-0.39, 0.29) is 12.1 Å². The Labute approximate surface area is 201 Å². The van der Waals surface area contributed by atoms with Crippen molar-refractivity contribution >= 4 is 23.4 Å². The first-order chi connectivity index (χ1) is 16.5. The summed E-state index contributed by atoms with van der Waals surface area (Å²) in [6.07, 6.45) is 0.183. The predicted molar refractivity (Wildman–Crippen MR) is 125 cm³/mol. The maximum atomic E-state index is 12.7. The molecule has 4 rings (SSSR count). The Hall–Kier alpha value is -3.07. The summed E-state index contributed by atoms with van der Waals surface area (Å²) in [5.41, 5.74) is 0.129. The highest BCUT2D eigenvalue weighted by atomic mass is 19.4. The van der Waals surface area contributed by atoms with Gasteiger partial charge < -0.3 is 20.8 Å². The summed E-state index contributed by atoms with van der Waals surface area (Å²) in [7, 11) is 0. The van der Waals surface area contributed by atoms with Crippen LogP contribution in [0.15, 0.2) is 48.5 Å². The Morgan fingerprint density at radius 3 is 2.09 bits per heavy atom. The van der Waals surface area contributed by atoms with Gasteiger partial charge in [0.05, 0.1) is 17.6 Å². The number of carbonyl (C=O) groups excluding carboxylic acids is 1. The van der Waals surface area contributed by atoms with Crippen LogP contribution < -0.4 is 10.6 Å². The molecule has 0 aromatic heterocycles. The number of rotatable bonds is 5. The van der Waals surface area contributed by atoms with Crippen LogP contribution in [0.3, 0.4) is 0 Å². The molecule has 4 unspecified atom stereocenters. The number of benzene rings is 2. The number of urea groups is 1. The standard InChI is InChI=1S/C26H29F3N2O4/c27-26(28,29)20-5-9-22(10-6-20)31-24(34)30-21-7-3-16(4-8-21)17-1-2-19-14-25(35,15-23(32)33)12-11-18(19)13-17/h3-10,17-19,35H,1-2,11-15H2,(H,32,33)(H2,30,31,34).